The average molecular weight is 319 g/mol. The molecule has 2 aromatic rings. The third-order valence-electron chi connectivity index (χ3n) is 2.18. The Kier molecular flexibility index (Phi) is 4.09. The second-order valence-corrected chi connectivity index (χ2v) is 4.77. The smallest absolute Gasteiger partial charge is 0.276 e. The van der Waals surface area contributed by atoms with E-state index < -0.39 is 4.92 Å². The summed E-state index contributed by atoms with van der Waals surface area (Å²) in [5.74, 6) is 0.211. The van der Waals surface area contributed by atoms with Crippen molar-refractivity contribution in [2.75, 3.05) is 5.32 Å². The van der Waals surface area contributed by atoms with Crippen molar-refractivity contribution in [1.82, 2.24) is 4.98 Å². The van der Waals surface area contributed by atoms with Crippen molar-refractivity contribution in [3.8, 4) is 0 Å². The summed E-state index contributed by atoms with van der Waals surface area (Å²) in [5.41, 5.74) is 0.318. The number of aromatic nitrogens is 1. The summed E-state index contributed by atoms with van der Waals surface area (Å²) in [4.78, 5) is 14.1. The van der Waals surface area contributed by atoms with Crippen LogP contribution in [0.5, 0.6) is 0 Å². The Morgan fingerprint density at radius 3 is 2.58 bits per heavy atom. The van der Waals surface area contributed by atoms with Gasteiger partial charge in [0.1, 0.15) is 11.0 Å². The van der Waals surface area contributed by atoms with Gasteiger partial charge in [0.2, 0.25) is 0 Å². The number of nitrogens with one attached hydrogen (secondary N) is 1. The summed E-state index contributed by atoms with van der Waals surface area (Å²) >= 11 is 17.5. The van der Waals surface area contributed by atoms with E-state index in [1.807, 2.05) is 0 Å². The number of rotatable bonds is 3. The minimum atomic E-state index is -0.557. The van der Waals surface area contributed by atoms with E-state index >= 15 is 0 Å². The third-order valence-corrected chi connectivity index (χ3v) is 2.94. The summed E-state index contributed by atoms with van der Waals surface area (Å²) in [7, 11) is 0. The van der Waals surface area contributed by atoms with Crippen LogP contribution in [0.4, 0.5) is 17.2 Å². The van der Waals surface area contributed by atoms with Gasteiger partial charge in [-0.25, -0.2) is 4.98 Å². The Morgan fingerprint density at radius 1 is 1.16 bits per heavy atom. The second kappa shape index (κ2) is 5.61. The molecule has 0 fully saturated rings. The number of pyridine rings is 1. The molecule has 0 amide bonds. The van der Waals surface area contributed by atoms with E-state index in [-0.39, 0.29) is 16.7 Å². The predicted molar refractivity (Wildman–Crippen MR) is 75.6 cm³/mol. The Balaban J connectivity index is 2.38. The van der Waals surface area contributed by atoms with Gasteiger partial charge in [0.05, 0.1) is 27.8 Å². The van der Waals surface area contributed by atoms with E-state index in [1.165, 1.54) is 6.07 Å². The van der Waals surface area contributed by atoms with Crippen LogP contribution >= 0.6 is 34.8 Å². The highest BCUT2D eigenvalue weighted by Gasteiger charge is 2.11. The highest BCUT2D eigenvalue weighted by Crippen LogP contribution is 2.29. The maximum absolute atomic E-state index is 10.7. The first-order valence-corrected chi connectivity index (χ1v) is 6.13. The monoisotopic (exact) mass is 317 g/mol. The Hall–Kier alpha value is -1.56. The minimum absolute atomic E-state index is 0.00912. The Labute approximate surface area is 123 Å². The molecule has 2 rings (SSSR count). The lowest BCUT2D eigenvalue weighted by Crippen LogP contribution is -1.97. The fourth-order valence-corrected chi connectivity index (χ4v) is 1.92. The van der Waals surface area contributed by atoms with Crippen molar-refractivity contribution in [2.45, 2.75) is 0 Å². The second-order valence-electron chi connectivity index (χ2n) is 3.54. The molecule has 0 aliphatic rings. The molecule has 0 unspecified atom stereocenters. The highest BCUT2D eigenvalue weighted by molar-refractivity contribution is 6.35. The van der Waals surface area contributed by atoms with Gasteiger partial charge in [0.15, 0.2) is 0 Å². The van der Waals surface area contributed by atoms with Crippen LogP contribution in [0.2, 0.25) is 15.2 Å². The van der Waals surface area contributed by atoms with E-state index in [1.54, 1.807) is 18.2 Å². The molecule has 1 aromatic heterocycles. The topological polar surface area (TPSA) is 68.1 Å². The van der Waals surface area contributed by atoms with Crippen LogP contribution in [0.1, 0.15) is 0 Å². The molecule has 0 saturated carbocycles. The van der Waals surface area contributed by atoms with E-state index in [9.17, 15) is 10.1 Å². The van der Waals surface area contributed by atoms with Crippen LogP contribution in [-0.2, 0) is 0 Å². The van der Waals surface area contributed by atoms with Gasteiger partial charge in [-0.1, -0.05) is 34.8 Å². The first-order valence-electron chi connectivity index (χ1n) is 5.00. The molecule has 0 atom stereocenters. The van der Waals surface area contributed by atoms with Gasteiger partial charge >= 0.3 is 0 Å². The maximum atomic E-state index is 10.7. The summed E-state index contributed by atoms with van der Waals surface area (Å²) in [6, 6.07) is 7.22. The van der Waals surface area contributed by atoms with E-state index in [4.69, 9.17) is 34.8 Å². The fraction of sp³-hybridized carbons (Fsp3) is 0. The first-order chi connectivity index (χ1) is 8.95. The minimum Gasteiger partial charge on any atom is -0.339 e. The van der Waals surface area contributed by atoms with Gasteiger partial charge in [0, 0.05) is 5.02 Å². The van der Waals surface area contributed by atoms with Crippen LogP contribution in [0, 0.1) is 10.1 Å². The van der Waals surface area contributed by atoms with Gasteiger partial charge in [-0.05, 0) is 18.2 Å². The molecular weight excluding hydrogens is 312 g/mol. The zero-order chi connectivity index (χ0) is 14.0. The van der Waals surface area contributed by atoms with Crippen molar-refractivity contribution in [3.05, 3.63) is 55.6 Å². The van der Waals surface area contributed by atoms with E-state index in [2.05, 4.69) is 10.3 Å². The van der Waals surface area contributed by atoms with Crippen molar-refractivity contribution in [2.24, 2.45) is 0 Å². The number of nitrogens with zero attached hydrogens (tertiary/aromatic N) is 2. The Bertz CT molecular complexity index is 649. The summed E-state index contributed by atoms with van der Waals surface area (Å²) in [6.07, 6.45) is 0. The number of halogens is 3. The number of hydrogen-bond donors (Lipinski definition) is 1. The van der Waals surface area contributed by atoms with Crippen LogP contribution < -0.4 is 5.32 Å². The zero-order valence-corrected chi connectivity index (χ0v) is 11.5. The Morgan fingerprint density at radius 2 is 1.89 bits per heavy atom. The number of nitro groups is 1. The van der Waals surface area contributed by atoms with Crippen molar-refractivity contribution in [1.29, 1.82) is 0 Å². The summed E-state index contributed by atoms with van der Waals surface area (Å²) in [6.45, 7) is 0. The largest absolute Gasteiger partial charge is 0.339 e. The summed E-state index contributed by atoms with van der Waals surface area (Å²) < 4.78 is 0. The molecule has 0 saturated heterocycles. The molecule has 1 heterocycles. The number of benzene rings is 1. The molecule has 5 nitrogen and oxygen atoms in total. The maximum Gasteiger partial charge on any atom is 0.276 e. The van der Waals surface area contributed by atoms with Crippen molar-refractivity contribution < 1.29 is 4.92 Å². The fourth-order valence-electron chi connectivity index (χ4n) is 1.38. The lowest BCUT2D eigenvalue weighted by molar-refractivity contribution is -0.384. The zero-order valence-electron chi connectivity index (χ0n) is 9.23. The molecule has 0 aliphatic heterocycles. The van der Waals surface area contributed by atoms with Crippen molar-refractivity contribution in [3.63, 3.8) is 0 Å². The number of hydrogen-bond acceptors (Lipinski definition) is 4. The third kappa shape index (κ3) is 3.47. The lowest BCUT2D eigenvalue weighted by atomic mass is 10.3. The first kappa shape index (κ1) is 13.9. The molecule has 19 heavy (non-hydrogen) atoms. The highest BCUT2D eigenvalue weighted by atomic mass is 35.5. The van der Waals surface area contributed by atoms with Gasteiger partial charge < -0.3 is 5.32 Å². The SMILES string of the molecule is O=[N+]([O-])c1cc(Cl)nc(Nc2cc(Cl)ccc2Cl)c1. The van der Waals surface area contributed by atoms with Crippen molar-refractivity contribution >= 4 is 52.0 Å². The van der Waals surface area contributed by atoms with Crippen LogP contribution in [0.15, 0.2) is 30.3 Å². The van der Waals surface area contributed by atoms with Crippen LogP contribution in [0.25, 0.3) is 0 Å². The van der Waals surface area contributed by atoms with E-state index in [0.29, 0.717) is 15.7 Å². The predicted octanol–water partition coefficient (Wildman–Crippen LogP) is 4.69. The molecule has 0 radical (unpaired) electrons. The molecule has 0 aliphatic carbocycles. The van der Waals surface area contributed by atoms with Crippen LogP contribution in [-0.4, -0.2) is 9.91 Å². The standard InChI is InChI=1S/C11H6Cl3N3O2/c12-6-1-2-8(13)9(3-6)15-11-5-7(17(18)19)4-10(14)16-11/h1-5H,(H,15,16). The van der Waals surface area contributed by atoms with Crippen LogP contribution in [0.3, 0.4) is 0 Å². The van der Waals surface area contributed by atoms with E-state index in [0.717, 1.165) is 6.07 Å². The molecule has 1 aromatic carbocycles. The molecule has 0 spiro atoms. The van der Waals surface area contributed by atoms with Gasteiger partial charge in [-0.2, -0.15) is 0 Å². The molecule has 98 valence electrons. The molecule has 0 bridgehead atoms. The van der Waals surface area contributed by atoms with Gasteiger partial charge in [-0.3, -0.25) is 10.1 Å². The average Bonchev–Trinajstić information content (AvgIpc) is 2.33. The van der Waals surface area contributed by atoms with Gasteiger partial charge in [-0.15, -0.1) is 0 Å². The summed E-state index contributed by atoms with van der Waals surface area (Å²) in [5, 5.41) is 14.5. The molecule has 8 heteroatoms. The normalized spacial score (nSPS) is 10.3. The number of anilines is 2. The quantitative estimate of drug-likeness (QED) is 0.506. The van der Waals surface area contributed by atoms with Gasteiger partial charge in [0.25, 0.3) is 5.69 Å². The molecule has 1 N–H and O–H groups in total. The molecular formula is C11H6Cl3N3O2. The lowest BCUT2D eigenvalue weighted by Gasteiger charge is -2.08.